The number of aryl methyl sites for hydroxylation is 2. The monoisotopic (exact) mass is 448 g/mol. The average molecular weight is 450 g/mol. The second-order valence-corrected chi connectivity index (χ2v) is 6.05. The third kappa shape index (κ3) is 5.03. The van der Waals surface area contributed by atoms with E-state index in [-0.39, 0.29) is 4.47 Å². The van der Waals surface area contributed by atoms with Gasteiger partial charge in [-0.2, -0.15) is 0 Å². The van der Waals surface area contributed by atoms with Gasteiger partial charge in [0.1, 0.15) is 0 Å². The van der Waals surface area contributed by atoms with E-state index in [9.17, 15) is 10.1 Å². The van der Waals surface area contributed by atoms with Crippen molar-refractivity contribution < 1.29 is 14.8 Å². The van der Waals surface area contributed by atoms with Crippen LogP contribution in [0, 0.1) is 24.0 Å². The van der Waals surface area contributed by atoms with E-state index >= 15 is 0 Å². The highest BCUT2D eigenvalue weighted by molar-refractivity contribution is 9.10. The van der Waals surface area contributed by atoms with Gasteiger partial charge in [-0.05, 0) is 54.8 Å². The molecule has 8 nitrogen and oxygen atoms in total. The molecule has 0 radical (unpaired) electrons. The van der Waals surface area contributed by atoms with Crippen LogP contribution < -0.4 is 10.5 Å². The topological polar surface area (TPSA) is 124 Å². The van der Waals surface area contributed by atoms with E-state index < -0.39 is 16.5 Å². The van der Waals surface area contributed by atoms with E-state index in [1.54, 1.807) is 14.0 Å². The molecule has 2 heterocycles. The lowest BCUT2D eigenvalue weighted by molar-refractivity contribution is -0.390. The third-order valence-electron chi connectivity index (χ3n) is 2.51. The van der Waals surface area contributed by atoms with Crippen LogP contribution in [0.1, 0.15) is 11.4 Å². The van der Waals surface area contributed by atoms with Gasteiger partial charge < -0.3 is 25.7 Å². The van der Waals surface area contributed by atoms with E-state index in [1.807, 2.05) is 13.0 Å². The predicted octanol–water partition coefficient (Wildman–Crippen LogP) is 3.51. The fraction of sp³-hybridized carbons (Fsp3) is 0.231. The van der Waals surface area contributed by atoms with Gasteiger partial charge in [0, 0.05) is 18.7 Å². The lowest BCUT2D eigenvalue weighted by Gasteiger charge is -2.05. The van der Waals surface area contributed by atoms with Crippen molar-refractivity contribution in [2.24, 2.45) is 0 Å². The van der Waals surface area contributed by atoms with Gasteiger partial charge in [-0.1, -0.05) is 0 Å². The van der Waals surface area contributed by atoms with E-state index in [0.717, 1.165) is 10.2 Å². The number of nitrogen functional groups attached to an aromatic ring is 1. The van der Waals surface area contributed by atoms with Gasteiger partial charge >= 0.3 is 5.82 Å². The maximum Gasteiger partial charge on any atom is 0.407 e. The zero-order valence-corrected chi connectivity index (χ0v) is 15.7. The summed E-state index contributed by atoms with van der Waals surface area (Å²) in [5.41, 5.74) is 6.92. The number of nitro groups is 1. The summed E-state index contributed by atoms with van der Waals surface area (Å²) in [7, 11) is 1.56. The molecule has 0 atom stereocenters. The first-order valence-corrected chi connectivity index (χ1v) is 7.73. The number of methoxy groups -OCH3 is 1. The number of hydrogen-bond donors (Lipinski definition) is 2. The zero-order chi connectivity index (χ0) is 17.7. The number of nitrogens with zero attached hydrogens (tertiary/aromatic N) is 3. The summed E-state index contributed by atoms with van der Waals surface area (Å²) in [6, 6.07) is 3.36. The third-order valence-corrected chi connectivity index (χ3v) is 3.71. The molecule has 10 heteroatoms. The molecule has 0 aliphatic heterocycles. The number of rotatable bonds is 2. The Kier molecular flexibility index (Phi) is 6.70. The Morgan fingerprint density at radius 3 is 2.22 bits per heavy atom. The maximum absolute atomic E-state index is 10.3. The Morgan fingerprint density at radius 1 is 1.22 bits per heavy atom. The quantitative estimate of drug-likeness (QED) is 0.530. The maximum atomic E-state index is 10.3. The van der Waals surface area contributed by atoms with Gasteiger partial charge in [0.25, 0.3) is 0 Å². The van der Waals surface area contributed by atoms with E-state index in [2.05, 4.69) is 41.8 Å². The number of aromatic nitrogens is 2. The van der Waals surface area contributed by atoms with Crippen LogP contribution in [0.4, 0.5) is 11.6 Å². The summed E-state index contributed by atoms with van der Waals surface area (Å²) < 4.78 is 6.11. The Hall–Kier alpha value is -1.94. The molecule has 23 heavy (non-hydrogen) atoms. The van der Waals surface area contributed by atoms with Gasteiger partial charge in [-0.3, -0.25) is 0 Å². The fourth-order valence-electron chi connectivity index (χ4n) is 1.58. The van der Waals surface area contributed by atoms with Crippen molar-refractivity contribution in [2.45, 2.75) is 13.8 Å². The Labute approximate surface area is 149 Å². The first kappa shape index (κ1) is 19.1. The van der Waals surface area contributed by atoms with Crippen molar-refractivity contribution >= 4 is 43.5 Å². The Morgan fingerprint density at radius 2 is 1.74 bits per heavy atom. The summed E-state index contributed by atoms with van der Waals surface area (Å²) in [5, 5.41) is 19.4. The molecule has 2 aromatic rings. The minimum absolute atomic E-state index is 0.279. The number of nitrogens with two attached hydrogens (primary N) is 1. The molecular weight excluding hydrogens is 436 g/mol. The van der Waals surface area contributed by atoms with Crippen LogP contribution in [-0.4, -0.2) is 27.1 Å². The normalized spacial score (nSPS) is 9.78. The van der Waals surface area contributed by atoms with E-state index in [4.69, 9.17) is 15.6 Å². The molecule has 0 saturated heterocycles. The van der Waals surface area contributed by atoms with Crippen LogP contribution in [0.15, 0.2) is 21.1 Å². The molecule has 0 unspecified atom stereocenters. The van der Waals surface area contributed by atoms with Crippen molar-refractivity contribution in [3.05, 3.63) is 42.6 Å². The number of halogens is 2. The van der Waals surface area contributed by atoms with E-state index in [0.29, 0.717) is 17.3 Å². The highest BCUT2D eigenvalue weighted by Crippen LogP contribution is 2.32. The SMILES string of the molecule is COc1c(Br)cc(C)nc1N.Cc1cc(Br)c(O)c([N+](=O)[O-])n1. The van der Waals surface area contributed by atoms with Crippen LogP contribution in [0.3, 0.4) is 0 Å². The molecule has 3 N–H and O–H groups in total. The van der Waals surface area contributed by atoms with Gasteiger partial charge in [0.15, 0.2) is 17.3 Å². The first-order valence-electron chi connectivity index (χ1n) is 6.14. The van der Waals surface area contributed by atoms with Gasteiger partial charge in [-0.15, -0.1) is 0 Å². The highest BCUT2D eigenvalue weighted by Gasteiger charge is 2.18. The van der Waals surface area contributed by atoms with Gasteiger partial charge in [0.05, 0.1) is 16.1 Å². The standard InChI is InChI=1S/C7H9BrN2O.C6H5BrN2O3/c1-4-3-5(8)6(11-2)7(9)10-4;1-3-2-4(7)5(10)6(8-3)9(11)12/h3H,1-2H3,(H2,9,10);2,10H,1H3. The van der Waals surface area contributed by atoms with Crippen molar-refractivity contribution in [1.29, 1.82) is 0 Å². The molecular formula is C13H14Br2N4O4. The molecule has 0 bridgehead atoms. The predicted molar refractivity (Wildman–Crippen MR) is 92.6 cm³/mol. The van der Waals surface area contributed by atoms with Crippen LogP contribution in [-0.2, 0) is 0 Å². The number of pyridine rings is 2. The molecule has 0 fully saturated rings. The molecule has 2 rings (SSSR count). The molecule has 0 amide bonds. The number of hydrogen-bond acceptors (Lipinski definition) is 7. The van der Waals surface area contributed by atoms with Crippen LogP contribution in [0.5, 0.6) is 11.5 Å². The average Bonchev–Trinajstić information content (AvgIpc) is 2.42. The summed E-state index contributed by atoms with van der Waals surface area (Å²) in [5.74, 6) is 0.0439. The van der Waals surface area contributed by atoms with Crippen molar-refractivity contribution in [3.63, 3.8) is 0 Å². The van der Waals surface area contributed by atoms with Crippen molar-refractivity contribution in [1.82, 2.24) is 9.97 Å². The second-order valence-electron chi connectivity index (χ2n) is 4.34. The van der Waals surface area contributed by atoms with Crippen molar-refractivity contribution in [2.75, 3.05) is 12.8 Å². The second kappa shape index (κ2) is 8.06. The number of anilines is 1. The number of ether oxygens (including phenoxy) is 1. The summed E-state index contributed by atoms with van der Waals surface area (Å²) in [6.07, 6.45) is 0. The lowest BCUT2D eigenvalue weighted by atomic mass is 10.3. The highest BCUT2D eigenvalue weighted by atomic mass is 79.9. The molecule has 0 aliphatic rings. The van der Waals surface area contributed by atoms with E-state index in [1.165, 1.54) is 6.07 Å². The minimum Gasteiger partial charge on any atom is -0.500 e. The largest absolute Gasteiger partial charge is 0.500 e. The number of aromatic hydroxyl groups is 1. The molecule has 0 aliphatic carbocycles. The van der Waals surface area contributed by atoms with Gasteiger partial charge in [-0.25, -0.2) is 4.98 Å². The Balaban J connectivity index is 0.000000231. The minimum atomic E-state index is -0.729. The summed E-state index contributed by atoms with van der Waals surface area (Å²) in [4.78, 5) is 17.1. The lowest BCUT2D eigenvalue weighted by Crippen LogP contribution is -1.97. The Bertz CT molecular complexity index is 717. The van der Waals surface area contributed by atoms with Crippen LogP contribution in [0.2, 0.25) is 0 Å². The molecule has 0 saturated carbocycles. The zero-order valence-electron chi connectivity index (χ0n) is 12.5. The molecule has 0 aromatic carbocycles. The first-order chi connectivity index (χ1) is 10.7. The van der Waals surface area contributed by atoms with Crippen molar-refractivity contribution in [3.8, 4) is 11.5 Å². The molecule has 2 aromatic heterocycles. The van der Waals surface area contributed by atoms with Gasteiger partial charge in [0.2, 0.25) is 5.75 Å². The van der Waals surface area contributed by atoms with Crippen LogP contribution in [0.25, 0.3) is 0 Å². The summed E-state index contributed by atoms with van der Waals surface area (Å²) in [6.45, 7) is 3.48. The van der Waals surface area contributed by atoms with Crippen LogP contribution >= 0.6 is 31.9 Å². The molecule has 0 spiro atoms. The fourth-order valence-corrected chi connectivity index (χ4v) is 2.79. The smallest absolute Gasteiger partial charge is 0.407 e. The molecule has 124 valence electrons. The summed E-state index contributed by atoms with van der Waals surface area (Å²) >= 11 is 6.28.